The molecule has 2 nitrogen and oxygen atoms in total. The Morgan fingerprint density at radius 1 is 1.60 bits per heavy atom. The van der Waals surface area contributed by atoms with Crippen LogP contribution in [0.3, 0.4) is 0 Å². The number of hydrogen-bond donors (Lipinski definition) is 0. The molecule has 0 spiro atoms. The van der Waals surface area contributed by atoms with Gasteiger partial charge >= 0.3 is 0 Å². The van der Waals surface area contributed by atoms with Gasteiger partial charge in [0.15, 0.2) is 0 Å². The maximum atomic E-state index is 8.35. The molecule has 0 N–H and O–H groups in total. The zero-order valence-corrected chi connectivity index (χ0v) is 6.51. The fraction of sp³-hybridized carbons (Fsp3) is 0.875. The number of nitrogens with zero attached hydrogens (tertiary/aromatic N) is 2. The summed E-state index contributed by atoms with van der Waals surface area (Å²) in [5.74, 6) is 0.887. The monoisotopic (exact) mass is 138 g/mol. The minimum Gasteiger partial charge on any atom is -0.293 e. The fourth-order valence-corrected chi connectivity index (χ4v) is 1.30. The molecule has 1 rings (SSSR count). The molecule has 56 valence electrons. The van der Waals surface area contributed by atoms with Crippen molar-refractivity contribution in [2.75, 3.05) is 20.1 Å². The molecule has 1 fully saturated rings. The molecule has 0 bridgehead atoms. The molecule has 0 aromatic heterocycles. The predicted octanol–water partition coefficient (Wildman–Crippen LogP) is 1.24. The van der Waals surface area contributed by atoms with Crippen LogP contribution in [-0.2, 0) is 0 Å². The molecule has 0 unspecified atom stereocenters. The van der Waals surface area contributed by atoms with Gasteiger partial charge in [-0.15, -0.1) is 0 Å². The standard InChI is InChI=1S/C8H14N2/c1-10(6-5-9)7-8-3-2-4-8/h8H,2-4,6-7H2,1H3. The SMILES string of the molecule is CN(CC#N)CC1CCC1. The van der Waals surface area contributed by atoms with Crippen molar-refractivity contribution in [1.82, 2.24) is 4.90 Å². The minimum absolute atomic E-state index is 0.580. The number of hydrogen-bond acceptors (Lipinski definition) is 2. The fourth-order valence-electron chi connectivity index (χ4n) is 1.30. The first-order chi connectivity index (χ1) is 4.83. The van der Waals surface area contributed by atoms with Crippen LogP contribution < -0.4 is 0 Å². The van der Waals surface area contributed by atoms with Crippen LogP contribution in [0, 0.1) is 17.2 Å². The third-order valence-electron chi connectivity index (χ3n) is 2.14. The average molecular weight is 138 g/mol. The van der Waals surface area contributed by atoms with E-state index < -0.39 is 0 Å². The molecule has 1 aliphatic rings. The van der Waals surface area contributed by atoms with Gasteiger partial charge in [-0.1, -0.05) is 6.42 Å². The molecule has 0 aromatic rings. The van der Waals surface area contributed by atoms with Crippen molar-refractivity contribution < 1.29 is 0 Å². The summed E-state index contributed by atoms with van der Waals surface area (Å²) in [5, 5.41) is 8.35. The predicted molar refractivity (Wildman–Crippen MR) is 40.5 cm³/mol. The van der Waals surface area contributed by atoms with Gasteiger partial charge in [0.1, 0.15) is 0 Å². The highest BCUT2D eigenvalue weighted by Gasteiger charge is 2.18. The summed E-state index contributed by atoms with van der Waals surface area (Å²) in [4.78, 5) is 2.10. The van der Waals surface area contributed by atoms with E-state index in [0.29, 0.717) is 6.54 Å². The average Bonchev–Trinajstić information content (AvgIpc) is 1.80. The molecule has 0 atom stereocenters. The molecule has 0 aromatic carbocycles. The Labute approximate surface area is 62.4 Å². The van der Waals surface area contributed by atoms with Crippen molar-refractivity contribution in [1.29, 1.82) is 5.26 Å². The summed E-state index contributed by atoms with van der Waals surface area (Å²) in [7, 11) is 2.02. The van der Waals surface area contributed by atoms with E-state index in [2.05, 4.69) is 11.0 Å². The first kappa shape index (κ1) is 7.56. The first-order valence-corrected chi connectivity index (χ1v) is 3.88. The highest BCUT2D eigenvalue weighted by atomic mass is 15.1. The van der Waals surface area contributed by atoms with Crippen molar-refractivity contribution in [3.63, 3.8) is 0 Å². The van der Waals surface area contributed by atoms with E-state index >= 15 is 0 Å². The highest BCUT2D eigenvalue weighted by Crippen LogP contribution is 2.26. The molecule has 10 heavy (non-hydrogen) atoms. The second-order valence-corrected chi connectivity index (χ2v) is 3.15. The summed E-state index contributed by atoms with van der Waals surface area (Å²) in [6.45, 7) is 1.70. The Morgan fingerprint density at radius 2 is 2.30 bits per heavy atom. The lowest BCUT2D eigenvalue weighted by Gasteiger charge is -2.28. The lowest BCUT2D eigenvalue weighted by Crippen LogP contribution is -2.29. The second kappa shape index (κ2) is 3.58. The van der Waals surface area contributed by atoms with Gasteiger partial charge in [0, 0.05) is 6.54 Å². The molecule has 2 heteroatoms. The molecular weight excluding hydrogens is 124 g/mol. The Balaban J connectivity index is 2.06. The van der Waals surface area contributed by atoms with Gasteiger partial charge in [-0.2, -0.15) is 5.26 Å². The number of rotatable bonds is 3. The van der Waals surface area contributed by atoms with E-state index in [1.54, 1.807) is 0 Å². The van der Waals surface area contributed by atoms with E-state index in [1.165, 1.54) is 19.3 Å². The van der Waals surface area contributed by atoms with Crippen LogP contribution >= 0.6 is 0 Å². The zero-order chi connectivity index (χ0) is 7.40. The maximum absolute atomic E-state index is 8.35. The summed E-state index contributed by atoms with van der Waals surface area (Å²) >= 11 is 0. The van der Waals surface area contributed by atoms with Gasteiger partial charge in [-0.05, 0) is 25.8 Å². The Kier molecular flexibility index (Phi) is 2.70. The molecule has 1 saturated carbocycles. The Hall–Kier alpha value is -0.550. The zero-order valence-electron chi connectivity index (χ0n) is 6.51. The van der Waals surface area contributed by atoms with Crippen LogP contribution in [0.1, 0.15) is 19.3 Å². The van der Waals surface area contributed by atoms with Crippen LogP contribution in [0.25, 0.3) is 0 Å². The summed E-state index contributed by atoms with van der Waals surface area (Å²) in [6.07, 6.45) is 4.14. The highest BCUT2D eigenvalue weighted by molar-refractivity contribution is 4.78. The third-order valence-corrected chi connectivity index (χ3v) is 2.14. The van der Waals surface area contributed by atoms with Crippen molar-refractivity contribution in [3.05, 3.63) is 0 Å². The molecule has 0 radical (unpaired) electrons. The van der Waals surface area contributed by atoms with Gasteiger partial charge in [-0.25, -0.2) is 0 Å². The van der Waals surface area contributed by atoms with E-state index in [4.69, 9.17) is 5.26 Å². The molecule has 0 heterocycles. The van der Waals surface area contributed by atoms with Crippen LogP contribution in [0.5, 0.6) is 0 Å². The smallest absolute Gasteiger partial charge is 0.0863 e. The minimum atomic E-state index is 0.580. The van der Waals surface area contributed by atoms with E-state index in [-0.39, 0.29) is 0 Å². The van der Waals surface area contributed by atoms with E-state index in [1.807, 2.05) is 7.05 Å². The van der Waals surface area contributed by atoms with Crippen LogP contribution in [-0.4, -0.2) is 25.0 Å². The Bertz CT molecular complexity index is 133. The third kappa shape index (κ3) is 2.00. The summed E-state index contributed by atoms with van der Waals surface area (Å²) in [5.41, 5.74) is 0. The molecule has 0 saturated heterocycles. The van der Waals surface area contributed by atoms with Crippen molar-refractivity contribution >= 4 is 0 Å². The topological polar surface area (TPSA) is 27.0 Å². The summed E-state index contributed by atoms with van der Waals surface area (Å²) in [6, 6.07) is 2.15. The van der Waals surface area contributed by atoms with Crippen LogP contribution in [0.2, 0.25) is 0 Å². The first-order valence-electron chi connectivity index (χ1n) is 3.88. The van der Waals surface area contributed by atoms with Gasteiger partial charge in [0.05, 0.1) is 12.6 Å². The van der Waals surface area contributed by atoms with Crippen LogP contribution in [0.4, 0.5) is 0 Å². The normalized spacial score (nSPS) is 18.5. The van der Waals surface area contributed by atoms with Gasteiger partial charge in [0.2, 0.25) is 0 Å². The van der Waals surface area contributed by atoms with Crippen molar-refractivity contribution in [2.45, 2.75) is 19.3 Å². The lowest BCUT2D eigenvalue weighted by atomic mass is 9.85. The Morgan fingerprint density at radius 3 is 2.70 bits per heavy atom. The van der Waals surface area contributed by atoms with Gasteiger partial charge in [-0.3, -0.25) is 4.90 Å². The van der Waals surface area contributed by atoms with Crippen LogP contribution in [0.15, 0.2) is 0 Å². The van der Waals surface area contributed by atoms with E-state index in [0.717, 1.165) is 12.5 Å². The maximum Gasteiger partial charge on any atom is 0.0863 e. The molecular formula is C8H14N2. The molecule has 0 aliphatic heterocycles. The number of nitriles is 1. The largest absolute Gasteiger partial charge is 0.293 e. The van der Waals surface area contributed by atoms with Gasteiger partial charge < -0.3 is 0 Å². The second-order valence-electron chi connectivity index (χ2n) is 3.15. The summed E-state index contributed by atoms with van der Waals surface area (Å²) < 4.78 is 0. The van der Waals surface area contributed by atoms with Crippen molar-refractivity contribution in [3.8, 4) is 6.07 Å². The molecule has 1 aliphatic carbocycles. The van der Waals surface area contributed by atoms with Crippen molar-refractivity contribution in [2.24, 2.45) is 5.92 Å². The lowest BCUT2D eigenvalue weighted by molar-refractivity contribution is 0.219. The van der Waals surface area contributed by atoms with E-state index in [9.17, 15) is 0 Å². The molecule has 0 amide bonds. The quantitative estimate of drug-likeness (QED) is 0.549. The van der Waals surface area contributed by atoms with Gasteiger partial charge in [0.25, 0.3) is 0 Å².